The highest BCUT2D eigenvalue weighted by Crippen LogP contribution is 2.31. The molecule has 0 amide bonds. The Morgan fingerprint density at radius 1 is 0.778 bits per heavy atom. The van der Waals surface area contributed by atoms with Crippen molar-refractivity contribution in [3.05, 3.63) is 42.2 Å². The van der Waals surface area contributed by atoms with E-state index in [1.807, 2.05) is 0 Å². The SMILES string of the molecule is Fc1ccc2[nH]nc(-c3nc4ccc(N5CCC(N6CCC(N7CCCC7)CC6)CC5)cc4[nH]3)c2c1. The van der Waals surface area contributed by atoms with Crippen LogP contribution in [0.5, 0.6) is 0 Å². The van der Waals surface area contributed by atoms with E-state index in [2.05, 4.69) is 48.1 Å². The molecule has 0 unspecified atom stereocenters. The zero-order chi connectivity index (χ0) is 24.1. The predicted molar refractivity (Wildman–Crippen MR) is 142 cm³/mol. The summed E-state index contributed by atoms with van der Waals surface area (Å²) < 4.78 is 13.8. The van der Waals surface area contributed by atoms with E-state index in [1.165, 1.54) is 82.5 Å². The highest BCUT2D eigenvalue weighted by molar-refractivity contribution is 5.93. The quantitative estimate of drug-likeness (QED) is 0.434. The Kier molecular flexibility index (Phi) is 5.66. The van der Waals surface area contributed by atoms with Gasteiger partial charge in [-0.25, -0.2) is 9.37 Å². The normalized spacial score (nSPS) is 21.3. The van der Waals surface area contributed by atoms with Crippen LogP contribution in [0.1, 0.15) is 38.5 Å². The van der Waals surface area contributed by atoms with E-state index < -0.39 is 0 Å². The maximum absolute atomic E-state index is 13.8. The Hall–Kier alpha value is -2.97. The molecule has 2 N–H and O–H groups in total. The monoisotopic (exact) mass is 487 g/mol. The maximum atomic E-state index is 13.8. The minimum absolute atomic E-state index is 0.275. The summed E-state index contributed by atoms with van der Waals surface area (Å²) in [6.07, 6.45) is 7.93. The van der Waals surface area contributed by atoms with Gasteiger partial charge in [0.15, 0.2) is 5.82 Å². The van der Waals surface area contributed by atoms with Gasteiger partial charge < -0.3 is 19.7 Å². The summed E-state index contributed by atoms with van der Waals surface area (Å²) in [5.41, 5.74) is 4.58. The van der Waals surface area contributed by atoms with Crippen molar-refractivity contribution in [2.24, 2.45) is 0 Å². The second-order valence-corrected chi connectivity index (χ2v) is 10.8. The number of nitrogens with zero attached hydrogens (tertiary/aromatic N) is 5. The first-order valence-corrected chi connectivity index (χ1v) is 13.6. The van der Waals surface area contributed by atoms with Crippen molar-refractivity contribution in [1.82, 2.24) is 30.0 Å². The van der Waals surface area contributed by atoms with E-state index >= 15 is 0 Å². The predicted octanol–water partition coefficient (Wildman–Crippen LogP) is 4.77. The molecule has 0 spiro atoms. The Balaban J connectivity index is 1.02. The molecule has 7 nitrogen and oxygen atoms in total. The van der Waals surface area contributed by atoms with E-state index in [-0.39, 0.29) is 5.82 Å². The summed E-state index contributed by atoms with van der Waals surface area (Å²) in [5.74, 6) is 0.387. The minimum Gasteiger partial charge on any atom is -0.371 e. The average molecular weight is 488 g/mol. The van der Waals surface area contributed by atoms with Gasteiger partial charge in [-0.3, -0.25) is 5.10 Å². The van der Waals surface area contributed by atoms with Crippen LogP contribution < -0.4 is 4.90 Å². The molecule has 0 atom stereocenters. The van der Waals surface area contributed by atoms with E-state index in [0.717, 1.165) is 47.1 Å². The van der Waals surface area contributed by atoms with Crippen molar-refractivity contribution >= 4 is 27.6 Å². The molecule has 3 aliphatic heterocycles. The molecular formula is C28H34FN7. The molecule has 0 radical (unpaired) electrons. The highest BCUT2D eigenvalue weighted by Gasteiger charge is 2.31. The van der Waals surface area contributed by atoms with Crippen LogP contribution in [-0.2, 0) is 0 Å². The average Bonchev–Trinajstić information content (AvgIpc) is 3.68. The number of halogens is 1. The number of benzene rings is 2. The largest absolute Gasteiger partial charge is 0.371 e. The summed E-state index contributed by atoms with van der Waals surface area (Å²) in [7, 11) is 0. The molecule has 4 aromatic rings. The molecule has 36 heavy (non-hydrogen) atoms. The summed E-state index contributed by atoms with van der Waals surface area (Å²) >= 11 is 0. The first kappa shape index (κ1) is 22.2. The molecule has 8 heteroatoms. The highest BCUT2D eigenvalue weighted by atomic mass is 19.1. The van der Waals surface area contributed by atoms with Gasteiger partial charge in [0.1, 0.15) is 11.5 Å². The zero-order valence-electron chi connectivity index (χ0n) is 20.7. The number of rotatable bonds is 4. The number of hydrogen-bond acceptors (Lipinski definition) is 5. The number of piperidine rings is 2. The molecule has 5 heterocycles. The summed E-state index contributed by atoms with van der Waals surface area (Å²) in [5, 5.41) is 8.11. The van der Waals surface area contributed by atoms with Crippen molar-refractivity contribution in [2.45, 2.75) is 50.6 Å². The van der Waals surface area contributed by atoms with Crippen molar-refractivity contribution < 1.29 is 4.39 Å². The first-order chi connectivity index (χ1) is 17.7. The third-order valence-corrected chi connectivity index (χ3v) is 8.72. The fourth-order valence-electron chi connectivity index (χ4n) is 6.69. The van der Waals surface area contributed by atoms with Crippen molar-refractivity contribution in [2.75, 3.05) is 44.2 Å². The zero-order valence-corrected chi connectivity index (χ0v) is 20.7. The molecule has 188 valence electrons. The van der Waals surface area contributed by atoms with E-state index in [0.29, 0.717) is 11.5 Å². The van der Waals surface area contributed by atoms with Gasteiger partial charge in [-0.2, -0.15) is 5.10 Å². The minimum atomic E-state index is -0.275. The van der Waals surface area contributed by atoms with Gasteiger partial charge >= 0.3 is 0 Å². The van der Waals surface area contributed by atoms with Crippen LogP contribution in [0, 0.1) is 5.82 Å². The first-order valence-electron chi connectivity index (χ1n) is 13.6. The molecule has 3 aliphatic rings. The van der Waals surface area contributed by atoms with Gasteiger partial charge in [-0.1, -0.05) is 0 Å². The molecule has 7 rings (SSSR count). The van der Waals surface area contributed by atoms with Crippen LogP contribution in [0.25, 0.3) is 33.5 Å². The Morgan fingerprint density at radius 3 is 2.28 bits per heavy atom. The topological polar surface area (TPSA) is 67.1 Å². The molecule has 2 aromatic heterocycles. The van der Waals surface area contributed by atoms with E-state index in [4.69, 9.17) is 4.98 Å². The van der Waals surface area contributed by atoms with Gasteiger partial charge in [-0.15, -0.1) is 0 Å². The fourth-order valence-corrected chi connectivity index (χ4v) is 6.69. The molecule has 0 aliphatic carbocycles. The standard InChI is InChI=1S/C28H34FN7/c29-19-3-5-24-23(17-19)27(33-32-24)28-30-25-6-4-22(18-26(25)31-28)36-15-9-21(10-16-36)35-13-7-20(8-14-35)34-11-1-2-12-34/h3-6,17-18,20-21H,1-2,7-16H2,(H,30,31)(H,32,33). The third-order valence-electron chi connectivity index (χ3n) is 8.72. The van der Waals surface area contributed by atoms with E-state index in [1.54, 1.807) is 6.07 Å². The lowest BCUT2D eigenvalue weighted by Crippen LogP contribution is -2.50. The lowest BCUT2D eigenvalue weighted by atomic mass is 9.97. The van der Waals surface area contributed by atoms with Crippen molar-refractivity contribution in [1.29, 1.82) is 0 Å². The molecular weight excluding hydrogens is 453 g/mol. The molecule has 2 aromatic carbocycles. The van der Waals surface area contributed by atoms with Crippen LogP contribution in [0.3, 0.4) is 0 Å². The van der Waals surface area contributed by atoms with Crippen LogP contribution in [0.15, 0.2) is 36.4 Å². The number of imidazole rings is 1. The number of anilines is 1. The lowest BCUT2D eigenvalue weighted by Gasteiger charge is -2.43. The van der Waals surface area contributed by atoms with Gasteiger partial charge in [0.25, 0.3) is 0 Å². The Morgan fingerprint density at radius 2 is 1.50 bits per heavy atom. The summed E-state index contributed by atoms with van der Waals surface area (Å²) in [6.45, 7) is 7.35. The van der Waals surface area contributed by atoms with Gasteiger partial charge in [0.2, 0.25) is 0 Å². The number of aromatic amines is 2. The lowest BCUT2D eigenvalue weighted by molar-refractivity contribution is 0.0859. The number of aromatic nitrogens is 4. The number of nitrogens with one attached hydrogen (secondary N) is 2. The van der Waals surface area contributed by atoms with Crippen molar-refractivity contribution in [3.8, 4) is 11.5 Å². The molecule has 0 bridgehead atoms. The molecule has 3 saturated heterocycles. The summed E-state index contributed by atoms with van der Waals surface area (Å²) in [4.78, 5) is 16.2. The molecule has 3 fully saturated rings. The maximum Gasteiger partial charge on any atom is 0.159 e. The molecule has 0 saturated carbocycles. The Labute approximate surface area is 210 Å². The second-order valence-electron chi connectivity index (χ2n) is 10.8. The van der Waals surface area contributed by atoms with Gasteiger partial charge in [-0.05, 0) is 101 Å². The van der Waals surface area contributed by atoms with Crippen LogP contribution >= 0.6 is 0 Å². The number of likely N-dealkylation sites (tertiary alicyclic amines) is 2. The van der Waals surface area contributed by atoms with Crippen LogP contribution in [0.4, 0.5) is 10.1 Å². The Bertz CT molecular complexity index is 1360. The van der Waals surface area contributed by atoms with Gasteiger partial charge in [0.05, 0.1) is 16.6 Å². The smallest absolute Gasteiger partial charge is 0.159 e. The second kappa shape index (κ2) is 9.16. The number of fused-ring (bicyclic) bond motifs is 2. The van der Waals surface area contributed by atoms with Gasteiger partial charge in [0, 0.05) is 36.2 Å². The number of hydrogen-bond donors (Lipinski definition) is 2. The summed E-state index contributed by atoms with van der Waals surface area (Å²) in [6, 6.07) is 12.7. The fraction of sp³-hybridized carbons (Fsp3) is 0.500. The van der Waals surface area contributed by atoms with Crippen molar-refractivity contribution in [3.63, 3.8) is 0 Å². The third kappa shape index (κ3) is 4.06. The van der Waals surface area contributed by atoms with E-state index in [9.17, 15) is 4.39 Å². The van der Waals surface area contributed by atoms with Crippen LogP contribution in [-0.4, -0.2) is 81.3 Å². The van der Waals surface area contributed by atoms with Crippen LogP contribution in [0.2, 0.25) is 0 Å². The number of H-pyrrole nitrogens is 2.